The SMILES string of the molecule is C/C(=C\c1cccc([N+](=O)[O-])c1)[N+](=O)[O-]. The minimum absolute atomic E-state index is 0.0597. The summed E-state index contributed by atoms with van der Waals surface area (Å²) in [6, 6.07) is 5.67. The van der Waals surface area contributed by atoms with Crippen molar-refractivity contribution in [3.8, 4) is 0 Å². The number of rotatable bonds is 3. The number of hydrogen-bond donors (Lipinski definition) is 0. The number of nitro benzene ring substituents is 1. The molecule has 6 heteroatoms. The third-order valence-corrected chi connectivity index (χ3v) is 1.74. The molecule has 0 unspecified atom stereocenters. The molecule has 15 heavy (non-hydrogen) atoms. The van der Waals surface area contributed by atoms with Gasteiger partial charge in [-0.3, -0.25) is 20.2 Å². The summed E-state index contributed by atoms with van der Waals surface area (Å²) >= 11 is 0. The van der Waals surface area contributed by atoms with Gasteiger partial charge in [-0.25, -0.2) is 0 Å². The van der Waals surface area contributed by atoms with Gasteiger partial charge in [-0.15, -0.1) is 0 Å². The predicted octanol–water partition coefficient (Wildman–Crippen LogP) is 2.23. The van der Waals surface area contributed by atoms with Crippen molar-refractivity contribution in [3.63, 3.8) is 0 Å². The van der Waals surface area contributed by atoms with Crippen LogP contribution in [0.3, 0.4) is 0 Å². The van der Waals surface area contributed by atoms with Crippen LogP contribution in [0.25, 0.3) is 6.08 Å². The van der Waals surface area contributed by atoms with Crippen LogP contribution in [0.15, 0.2) is 30.0 Å². The van der Waals surface area contributed by atoms with E-state index in [9.17, 15) is 20.2 Å². The molecule has 0 amide bonds. The third kappa shape index (κ3) is 2.87. The molecule has 78 valence electrons. The summed E-state index contributed by atoms with van der Waals surface area (Å²) < 4.78 is 0. The molecule has 1 rings (SSSR count). The Hall–Kier alpha value is -2.24. The maximum Gasteiger partial charge on any atom is 0.270 e. The van der Waals surface area contributed by atoms with Crippen LogP contribution in [0, 0.1) is 20.2 Å². The summed E-state index contributed by atoms with van der Waals surface area (Å²) in [5, 5.41) is 20.7. The molecule has 0 aliphatic heterocycles. The van der Waals surface area contributed by atoms with E-state index in [2.05, 4.69) is 0 Å². The fraction of sp³-hybridized carbons (Fsp3) is 0.111. The Labute approximate surface area is 85.1 Å². The van der Waals surface area contributed by atoms with Crippen molar-refractivity contribution in [1.29, 1.82) is 0 Å². The summed E-state index contributed by atoms with van der Waals surface area (Å²) in [7, 11) is 0. The number of non-ortho nitro benzene ring substituents is 1. The molecule has 0 spiro atoms. The Morgan fingerprint density at radius 3 is 2.53 bits per heavy atom. The van der Waals surface area contributed by atoms with Crippen LogP contribution in [0.1, 0.15) is 12.5 Å². The van der Waals surface area contributed by atoms with Crippen molar-refractivity contribution in [2.75, 3.05) is 0 Å². The number of allylic oxidation sites excluding steroid dienone is 1. The lowest BCUT2D eigenvalue weighted by atomic mass is 10.2. The number of hydrogen-bond acceptors (Lipinski definition) is 4. The highest BCUT2D eigenvalue weighted by Crippen LogP contribution is 2.15. The number of benzene rings is 1. The zero-order chi connectivity index (χ0) is 11.4. The maximum absolute atomic E-state index is 10.4. The minimum Gasteiger partial charge on any atom is -0.259 e. The average molecular weight is 208 g/mol. The predicted molar refractivity (Wildman–Crippen MR) is 53.7 cm³/mol. The first kappa shape index (κ1) is 10.8. The molecule has 0 saturated heterocycles. The van der Waals surface area contributed by atoms with E-state index in [1.54, 1.807) is 6.07 Å². The van der Waals surface area contributed by atoms with Crippen LogP contribution in [0.4, 0.5) is 5.69 Å². The van der Waals surface area contributed by atoms with Crippen molar-refractivity contribution in [2.24, 2.45) is 0 Å². The average Bonchev–Trinajstić information content (AvgIpc) is 2.18. The van der Waals surface area contributed by atoms with E-state index in [1.807, 2.05) is 0 Å². The Kier molecular flexibility index (Phi) is 3.12. The van der Waals surface area contributed by atoms with Gasteiger partial charge in [0, 0.05) is 25.1 Å². The first-order chi connectivity index (χ1) is 7.00. The summed E-state index contributed by atoms with van der Waals surface area (Å²) in [5.74, 6) is 0. The quantitative estimate of drug-likeness (QED) is 0.562. The van der Waals surface area contributed by atoms with Crippen LogP contribution in [0.2, 0.25) is 0 Å². The van der Waals surface area contributed by atoms with Crippen molar-refractivity contribution < 1.29 is 9.85 Å². The molecular weight excluding hydrogens is 200 g/mol. The van der Waals surface area contributed by atoms with E-state index in [4.69, 9.17) is 0 Å². The van der Waals surface area contributed by atoms with Crippen molar-refractivity contribution in [1.82, 2.24) is 0 Å². The van der Waals surface area contributed by atoms with Crippen LogP contribution >= 0.6 is 0 Å². The van der Waals surface area contributed by atoms with E-state index in [-0.39, 0.29) is 11.4 Å². The fourth-order valence-corrected chi connectivity index (χ4v) is 1.02. The Bertz CT molecular complexity index is 439. The molecular formula is C9H8N2O4. The molecule has 6 nitrogen and oxygen atoms in total. The highest BCUT2D eigenvalue weighted by Gasteiger charge is 2.07. The first-order valence-corrected chi connectivity index (χ1v) is 4.08. The third-order valence-electron chi connectivity index (χ3n) is 1.74. The van der Waals surface area contributed by atoms with Crippen LogP contribution < -0.4 is 0 Å². The summed E-state index contributed by atoms with van der Waals surface area (Å²) in [6.45, 7) is 1.33. The molecule has 0 bridgehead atoms. The maximum atomic E-state index is 10.4. The van der Waals surface area contributed by atoms with Gasteiger partial charge in [0.25, 0.3) is 5.69 Å². The highest BCUT2D eigenvalue weighted by molar-refractivity contribution is 5.54. The van der Waals surface area contributed by atoms with Gasteiger partial charge in [0.1, 0.15) is 0 Å². The lowest BCUT2D eigenvalue weighted by Gasteiger charge is -1.94. The van der Waals surface area contributed by atoms with E-state index in [0.717, 1.165) is 0 Å². The van der Waals surface area contributed by atoms with Gasteiger partial charge in [0.05, 0.1) is 9.85 Å². The molecule has 0 radical (unpaired) electrons. The monoisotopic (exact) mass is 208 g/mol. The molecule has 0 saturated carbocycles. The zero-order valence-electron chi connectivity index (χ0n) is 7.91. The molecule has 0 aliphatic rings. The minimum atomic E-state index is -0.543. The van der Waals surface area contributed by atoms with Crippen molar-refractivity contribution in [2.45, 2.75) is 6.92 Å². The lowest BCUT2D eigenvalue weighted by Crippen LogP contribution is -1.93. The molecule has 0 aliphatic carbocycles. The Balaban J connectivity index is 3.06. The van der Waals surface area contributed by atoms with Crippen molar-refractivity contribution >= 4 is 11.8 Å². The second kappa shape index (κ2) is 4.32. The second-order valence-corrected chi connectivity index (χ2v) is 2.89. The number of nitro groups is 2. The van der Waals surface area contributed by atoms with Gasteiger partial charge in [-0.2, -0.15) is 0 Å². The van der Waals surface area contributed by atoms with Crippen molar-refractivity contribution in [3.05, 3.63) is 55.8 Å². The van der Waals surface area contributed by atoms with E-state index < -0.39 is 9.85 Å². The van der Waals surface area contributed by atoms with Gasteiger partial charge in [0.15, 0.2) is 0 Å². The summed E-state index contributed by atoms with van der Waals surface area (Å²) in [4.78, 5) is 19.7. The Morgan fingerprint density at radius 2 is 2.00 bits per heavy atom. The number of nitrogens with zero attached hydrogens (tertiary/aromatic N) is 2. The topological polar surface area (TPSA) is 86.3 Å². The fourth-order valence-electron chi connectivity index (χ4n) is 1.02. The highest BCUT2D eigenvalue weighted by atomic mass is 16.6. The normalized spacial score (nSPS) is 11.1. The van der Waals surface area contributed by atoms with Gasteiger partial charge < -0.3 is 0 Å². The molecule has 0 aromatic heterocycles. The largest absolute Gasteiger partial charge is 0.270 e. The molecule has 0 fully saturated rings. The molecule has 1 aromatic rings. The zero-order valence-corrected chi connectivity index (χ0v) is 7.91. The summed E-state index contributed by atoms with van der Waals surface area (Å²) in [6.07, 6.45) is 1.28. The molecule has 0 atom stereocenters. The second-order valence-electron chi connectivity index (χ2n) is 2.89. The van der Waals surface area contributed by atoms with Gasteiger partial charge in [-0.1, -0.05) is 12.1 Å². The van der Waals surface area contributed by atoms with E-state index >= 15 is 0 Å². The van der Waals surface area contributed by atoms with Crippen LogP contribution in [-0.4, -0.2) is 9.85 Å². The van der Waals surface area contributed by atoms with E-state index in [1.165, 1.54) is 31.2 Å². The van der Waals surface area contributed by atoms with Gasteiger partial charge in [-0.05, 0) is 5.56 Å². The van der Waals surface area contributed by atoms with Crippen LogP contribution in [-0.2, 0) is 0 Å². The molecule has 0 heterocycles. The van der Waals surface area contributed by atoms with Crippen LogP contribution in [0.5, 0.6) is 0 Å². The first-order valence-electron chi connectivity index (χ1n) is 4.08. The summed E-state index contributed by atoms with van der Waals surface area (Å²) in [5.41, 5.74) is 0.300. The molecule has 1 aromatic carbocycles. The van der Waals surface area contributed by atoms with Gasteiger partial charge in [0.2, 0.25) is 5.70 Å². The van der Waals surface area contributed by atoms with Gasteiger partial charge >= 0.3 is 0 Å². The van der Waals surface area contributed by atoms with E-state index in [0.29, 0.717) is 5.56 Å². The molecule has 0 N–H and O–H groups in total. The lowest BCUT2D eigenvalue weighted by molar-refractivity contribution is -0.422. The smallest absolute Gasteiger partial charge is 0.259 e. The Morgan fingerprint density at radius 1 is 1.33 bits per heavy atom. The standard InChI is InChI=1S/C9H8N2O4/c1-7(10(12)13)5-8-3-2-4-9(6-8)11(14)15/h2-6H,1H3/b7-5+.